The van der Waals surface area contributed by atoms with E-state index in [4.69, 9.17) is 0 Å². The standard InChI is InChI=1S/C47H54N2/c1-35-9-8-10-41(22-11-35)48(42-23-12-36(2)13-24-42)45-29-18-39(19-30-45)47(33-6-5-7-34-47)40-20-31-46(32-21-40)49(43-25-14-37(3)15-26-43)44-27-16-38(4)17-28-44/h9-16,18,20-25,27-29,31-32,38,43H,5-8,17,19,26,30,33-34H2,1-4H3. The summed E-state index contributed by atoms with van der Waals surface area (Å²) >= 11 is 0. The Morgan fingerprint density at radius 1 is 0.633 bits per heavy atom. The van der Waals surface area contributed by atoms with E-state index in [-0.39, 0.29) is 5.41 Å². The van der Waals surface area contributed by atoms with Gasteiger partial charge in [0.05, 0.1) is 6.04 Å². The van der Waals surface area contributed by atoms with Crippen LogP contribution in [-0.4, -0.2) is 6.04 Å². The molecule has 2 unspecified atom stereocenters. The normalized spacial score (nSPS) is 23.3. The quantitative estimate of drug-likeness (QED) is 0.282. The van der Waals surface area contributed by atoms with Crippen LogP contribution in [0.25, 0.3) is 0 Å². The Morgan fingerprint density at radius 2 is 1.39 bits per heavy atom. The van der Waals surface area contributed by atoms with Crippen molar-refractivity contribution < 1.29 is 0 Å². The van der Waals surface area contributed by atoms with Crippen molar-refractivity contribution in [1.29, 1.82) is 0 Å². The molecule has 0 saturated heterocycles. The van der Waals surface area contributed by atoms with Gasteiger partial charge in [0.1, 0.15) is 0 Å². The second kappa shape index (κ2) is 14.7. The van der Waals surface area contributed by atoms with Crippen LogP contribution in [0.5, 0.6) is 0 Å². The number of hydrogen-bond donors (Lipinski definition) is 0. The van der Waals surface area contributed by atoms with Crippen molar-refractivity contribution in [2.24, 2.45) is 5.92 Å². The maximum absolute atomic E-state index is 2.57. The van der Waals surface area contributed by atoms with Gasteiger partial charge >= 0.3 is 0 Å². The Balaban J connectivity index is 1.21. The fourth-order valence-electron chi connectivity index (χ4n) is 8.50. The summed E-state index contributed by atoms with van der Waals surface area (Å²) < 4.78 is 0. The molecule has 2 aromatic rings. The van der Waals surface area contributed by atoms with E-state index in [0.29, 0.717) is 12.0 Å². The molecule has 0 aliphatic heterocycles. The van der Waals surface area contributed by atoms with Gasteiger partial charge in [-0.1, -0.05) is 127 Å². The molecule has 0 aromatic heterocycles. The third-order valence-corrected chi connectivity index (χ3v) is 11.4. The molecular formula is C47H54N2. The summed E-state index contributed by atoms with van der Waals surface area (Å²) in [6.45, 7) is 8.88. The molecule has 2 aromatic carbocycles. The zero-order valence-electron chi connectivity index (χ0n) is 30.2. The van der Waals surface area contributed by atoms with Crippen LogP contribution < -0.4 is 9.80 Å². The predicted octanol–water partition coefficient (Wildman–Crippen LogP) is 12.7. The highest BCUT2D eigenvalue weighted by atomic mass is 15.2. The molecular weight excluding hydrogens is 593 g/mol. The van der Waals surface area contributed by atoms with Crippen LogP contribution in [-0.2, 0) is 5.41 Å². The van der Waals surface area contributed by atoms with Gasteiger partial charge in [0.25, 0.3) is 0 Å². The lowest BCUT2D eigenvalue weighted by Crippen LogP contribution is -2.35. The monoisotopic (exact) mass is 646 g/mol. The lowest BCUT2D eigenvalue weighted by molar-refractivity contribution is 0.331. The van der Waals surface area contributed by atoms with E-state index >= 15 is 0 Å². The Hall–Kier alpha value is -4.30. The third kappa shape index (κ3) is 7.20. The zero-order chi connectivity index (χ0) is 33.8. The molecule has 0 spiro atoms. The molecule has 2 nitrogen and oxygen atoms in total. The van der Waals surface area contributed by atoms with Crippen LogP contribution in [0.2, 0.25) is 0 Å². The van der Waals surface area contributed by atoms with Crippen molar-refractivity contribution >= 4 is 11.4 Å². The van der Waals surface area contributed by atoms with E-state index in [1.165, 1.54) is 82.8 Å². The Bertz CT molecular complexity index is 1790. The van der Waals surface area contributed by atoms with Gasteiger partial charge in [-0.15, -0.1) is 0 Å². The first-order valence-electron chi connectivity index (χ1n) is 18.8. The van der Waals surface area contributed by atoms with Gasteiger partial charge in [-0.05, 0) is 120 Å². The molecule has 2 atom stereocenters. The van der Waals surface area contributed by atoms with E-state index in [1.54, 1.807) is 5.57 Å². The van der Waals surface area contributed by atoms with Crippen LogP contribution in [0.1, 0.15) is 96.1 Å². The summed E-state index contributed by atoms with van der Waals surface area (Å²) in [5, 5.41) is 0. The minimum absolute atomic E-state index is 0.116. The second-order valence-corrected chi connectivity index (χ2v) is 15.0. The third-order valence-electron chi connectivity index (χ3n) is 11.4. The van der Waals surface area contributed by atoms with Crippen molar-refractivity contribution in [3.05, 3.63) is 166 Å². The van der Waals surface area contributed by atoms with Crippen LogP contribution in [0.3, 0.4) is 0 Å². The number of nitrogens with zero attached hydrogens (tertiary/aromatic N) is 2. The van der Waals surface area contributed by atoms with Crippen molar-refractivity contribution in [2.75, 3.05) is 9.80 Å². The molecule has 5 aliphatic carbocycles. The van der Waals surface area contributed by atoms with Crippen molar-refractivity contribution in [2.45, 2.75) is 103 Å². The molecule has 0 bridgehead atoms. The molecule has 7 rings (SSSR count). The van der Waals surface area contributed by atoms with Crippen LogP contribution in [0.4, 0.5) is 11.4 Å². The first kappa shape index (κ1) is 33.2. The van der Waals surface area contributed by atoms with Gasteiger partial charge in [-0.3, -0.25) is 0 Å². The molecule has 0 heterocycles. The summed E-state index contributed by atoms with van der Waals surface area (Å²) in [6.07, 6.45) is 40.1. The highest BCUT2D eigenvalue weighted by molar-refractivity contribution is 5.64. The topological polar surface area (TPSA) is 6.48 Å². The number of anilines is 2. The Labute approximate surface area is 296 Å². The molecule has 0 N–H and O–H groups in total. The number of aryl methyl sites for hydroxylation is 1. The van der Waals surface area contributed by atoms with E-state index in [0.717, 1.165) is 32.1 Å². The SMILES string of the molecule is CC1=CCC=C(N(C2=CC=C(C3(c4ccc(N(C5=CCC(C)C=C5)C5C=CC(C)=CC5)cc4)CCCCC3)CC2)c2ccc(C)cc2)C=C1. The Morgan fingerprint density at radius 3 is 2.06 bits per heavy atom. The summed E-state index contributed by atoms with van der Waals surface area (Å²) in [5.41, 5.74) is 13.7. The van der Waals surface area contributed by atoms with Gasteiger partial charge in [0.15, 0.2) is 0 Å². The number of allylic oxidation sites excluding steroid dienone is 14. The molecule has 1 fully saturated rings. The Kier molecular flexibility index (Phi) is 9.94. The van der Waals surface area contributed by atoms with Crippen molar-refractivity contribution in [3.63, 3.8) is 0 Å². The van der Waals surface area contributed by atoms with Crippen LogP contribution in [0, 0.1) is 12.8 Å². The van der Waals surface area contributed by atoms with Gasteiger partial charge in [-0.2, -0.15) is 0 Å². The fourth-order valence-corrected chi connectivity index (χ4v) is 8.50. The van der Waals surface area contributed by atoms with E-state index in [1.807, 2.05) is 0 Å². The van der Waals surface area contributed by atoms with Crippen LogP contribution in [0.15, 0.2) is 155 Å². The van der Waals surface area contributed by atoms with Gasteiger partial charge < -0.3 is 9.80 Å². The minimum Gasteiger partial charge on any atom is -0.335 e. The molecule has 0 radical (unpaired) electrons. The van der Waals surface area contributed by atoms with E-state index < -0.39 is 0 Å². The van der Waals surface area contributed by atoms with Gasteiger partial charge in [-0.25, -0.2) is 0 Å². The molecule has 0 amide bonds. The van der Waals surface area contributed by atoms with Gasteiger partial charge in [0.2, 0.25) is 0 Å². The predicted molar refractivity (Wildman–Crippen MR) is 211 cm³/mol. The zero-order valence-corrected chi connectivity index (χ0v) is 30.2. The first-order chi connectivity index (χ1) is 23.9. The summed E-state index contributed by atoms with van der Waals surface area (Å²) in [5.74, 6) is 0.604. The van der Waals surface area contributed by atoms with E-state index in [2.05, 4.69) is 159 Å². The molecule has 5 aliphatic rings. The fraction of sp³-hybridized carbons (Fsp3) is 0.362. The highest BCUT2D eigenvalue weighted by Gasteiger charge is 2.38. The second-order valence-electron chi connectivity index (χ2n) is 15.0. The molecule has 1 saturated carbocycles. The first-order valence-corrected chi connectivity index (χ1v) is 18.8. The summed E-state index contributed by atoms with van der Waals surface area (Å²) in [6, 6.07) is 19.2. The lowest BCUT2D eigenvalue weighted by atomic mass is 9.63. The summed E-state index contributed by atoms with van der Waals surface area (Å²) in [7, 11) is 0. The number of hydrogen-bond acceptors (Lipinski definition) is 2. The number of benzene rings is 2. The number of rotatable bonds is 8. The largest absolute Gasteiger partial charge is 0.335 e. The molecule has 252 valence electrons. The van der Waals surface area contributed by atoms with Gasteiger partial charge in [0, 0.05) is 33.9 Å². The maximum Gasteiger partial charge on any atom is 0.0559 e. The average Bonchev–Trinajstić information content (AvgIpc) is 3.36. The highest BCUT2D eigenvalue weighted by Crippen LogP contribution is 2.49. The molecule has 49 heavy (non-hydrogen) atoms. The molecule has 2 heteroatoms. The van der Waals surface area contributed by atoms with Crippen molar-refractivity contribution in [3.8, 4) is 0 Å². The minimum atomic E-state index is 0.116. The average molecular weight is 647 g/mol. The van der Waals surface area contributed by atoms with E-state index in [9.17, 15) is 0 Å². The maximum atomic E-state index is 2.57. The van der Waals surface area contributed by atoms with Crippen molar-refractivity contribution in [1.82, 2.24) is 0 Å². The smallest absolute Gasteiger partial charge is 0.0559 e. The summed E-state index contributed by atoms with van der Waals surface area (Å²) in [4.78, 5) is 5.07. The van der Waals surface area contributed by atoms with Crippen LogP contribution >= 0.6 is 0 Å². The lowest BCUT2D eigenvalue weighted by Gasteiger charge is -2.42.